The van der Waals surface area contributed by atoms with E-state index in [9.17, 15) is 57.9 Å². The van der Waals surface area contributed by atoms with Gasteiger partial charge in [-0.3, -0.25) is 32.5 Å². The molecule has 2 aromatic heterocycles. The molecule has 1 aliphatic rings. The SMILES string of the molecule is CCCCCCCCCCCCCCC(C)C(=O)SCCNC(=O)CCNC(=O)[C@H](O)C(C)(C)COP(=O)(O)OP(=O)(O)OC[C@H]1O[C@@H](n2cnc3c(N)ncnc32)[C@H](O)[C@@H]1OP(=O)(O)O. The van der Waals surface area contributed by atoms with Gasteiger partial charge < -0.3 is 50.9 Å². The number of anilines is 1. The number of aromatic nitrogens is 4. The van der Waals surface area contributed by atoms with E-state index in [1.54, 1.807) is 0 Å². The molecule has 3 unspecified atom stereocenters. The van der Waals surface area contributed by atoms with Gasteiger partial charge in [0.15, 0.2) is 22.8 Å². The molecular formula is C38H68N7O17P3S. The van der Waals surface area contributed by atoms with Crippen molar-refractivity contribution >= 4 is 69.1 Å². The molecule has 2 amide bonds. The van der Waals surface area contributed by atoms with Crippen LogP contribution in [0.3, 0.4) is 0 Å². The predicted molar refractivity (Wildman–Crippen MR) is 242 cm³/mol. The highest BCUT2D eigenvalue weighted by Crippen LogP contribution is 2.61. The number of hydrogen-bond acceptors (Lipinski definition) is 18. The van der Waals surface area contributed by atoms with Gasteiger partial charge in [-0.25, -0.2) is 28.6 Å². The van der Waals surface area contributed by atoms with Crippen molar-refractivity contribution in [2.45, 2.75) is 148 Å². The quantitative estimate of drug-likeness (QED) is 0.0353. The lowest BCUT2D eigenvalue weighted by Gasteiger charge is -2.30. The highest BCUT2D eigenvalue weighted by Gasteiger charge is 2.50. The summed E-state index contributed by atoms with van der Waals surface area (Å²) in [7, 11) is -16.4. The van der Waals surface area contributed by atoms with E-state index in [0.717, 1.165) is 48.2 Å². The molecule has 1 fully saturated rings. The lowest BCUT2D eigenvalue weighted by molar-refractivity contribution is -0.137. The largest absolute Gasteiger partial charge is 0.481 e. The van der Waals surface area contributed by atoms with E-state index < -0.39 is 84.6 Å². The van der Waals surface area contributed by atoms with Crippen molar-refractivity contribution in [2.24, 2.45) is 11.3 Å². The summed E-state index contributed by atoms with van der Waals surface area (Å²) in [5.41, 5.74) is 4.29. The molecule has 0 radical (unpaired) electrons. The molecule has 2 aromatic rings. The number of aliphatic hydroxyl groups excluding tert-OH is 2. The van der Waals surface area contributed by atoms with Gasteiger partial charge in [-0.1, -0.05) is 117 Å². The molecule has 3 rings (SSSR count). The Morgan fingerprint density at radius 2 is 1.52 bits per heavy atom. The topological polar surface area (TPSA) is 364 Å². The Bertz CT molecular complexity index is 2000. The number of nitrogens with one attached hydrogen (secondary N) is 2. The molecule has 28 heteroatoms. The predicted octanol–water partition coefficient (Wildman–Crippen LogP) is 4.39. The Morgan fingerprint density at radius 3 is 2.14 bits per heavy atom. The number of amides is 2. The van der Waals surface area contributed by atoms with Crippen LogP contribution in [-0.2, 0) is 50.7 Å². The number of nitrogens with two attached hydrogens (primary N) is 1. The van der Waals surface area contributed by atoms with Crippen LogP contribution in [0.4, 0.5) is 5.82 Å². The number of fused-ring (bicyclic) bond motifs is 1. The summed E-state index contributed by atoms with van der Waals surface area (Å²) in [5.74, 6) is -1.11. The number of carbonyl (C=O) groups excluding carboxylic acids is 3. The van der Waals surface area contributed by atoms with Gasteiger partial charge in [0, 0.05) is 36.6 Å². The van der Waals surface area contributed by atoms with Gasteiger partial charge >= 0.3 is 23.5 Å². The first-order chi connectivity index (χ1) is 31.0. The number of thioether (sulfide) groups is 1. The Kier molecular flexibility index (Phi) is 24.3. The molecule has 24 nitrogen and oxygen atoms in total. The van der Waals surface area contributed by atoms with Crippen LogP contribution in [0.2, 0.25) is 0 Å². The lowest BCUT2D eigenvalue weighted by Crippen LogP contribution is -2.46. The van der Waals surface area contributed by atoms with E-state index in [1.165, 1.54) is 78.1 Å². The summed E-state index contributed by atoms with van der Waals surface area (Å²) < 4.78 is 62.4. The van der Waals surface area contributed by atoms with Gasteiger partial charge in [0.25, 0.3) is 0 Å². The minimum atomic E-state index is -5.58. The van der Waals surface area contributed by atoms with E-state index in [0.29, 0.717) is 5.75 Å². The number of unbranched alkanes of at least 4 members (excludes halogenated alkanes) is 11. The minimum absolute atomic E-state index is 0.0335. The fourth-order valence-electron chi connectivity index (χ4n) is 6.83. The van der Waals surface area contributed by atoms with Crippen molar-refractivity contribution < 1.29 is 80.5 Å². The summed E-state index contributed by atoms with van der Waals surface area (Å²) in [5, 5.41) is 26.7. The van der Waals surface area contributed by atoms with Crippen LogP contribution in [0.5, 0.6) is 0 Å². The number of aliphatic hydroxyl groups is 2. The molecule has 0 aliphatic carbocycles. The molecule has 1 saturated heterocycles. The summed E-state index contributed by atoms with van der Waals surface area (Å²) in [6.45, 7) is 4.72. The first-order valence-corrected chi connectivity index (χ1v) is 27.5. The second kappa shape index (κ2) is 27.7. The van der Waals surface area contributed by atoms with Gasteiger partial charge in [-0.15, -0.1) is 0 Å². The van der Waals surface area contributed by atoms with Crippen molar-refractivity contribution in [3.8, 4) is 0 Å². The average Bonchev–Trinajstić information content (AvgIpc) is 3.80. The van der Waals surface area contributed by atoms with Crippen LogP contribution in [0.15, 0.2) is 12.7 Å². The molecule has 10 N–H and O–H groups in total. The zero-order valence-corrected chi connectivity index (χ0v) is 41.3. The van der Waals surface area contributed by atoms with Crippen molar-refractivity contribution in [3.63, 3.8) is 0 Å². The molecule has 0 spiro atoms. The van der Waals surface area contributed by atoms with Crippen LogP contribution in [0, 0.1) is 11.3 Å². The molecule has 378 valence electrons. The van der Waals surface area contributed by atoms with E-state index in [4.69, 9.17) is 19.5 Å². The third-order valence-electron chi connectivity index (χ3n) is 10.6. The maximum Gasteiger partial charge on any atom is 0.481 e. The van der Waals surface area contributed by atoms with Crippen LogP contribution in [0.25, 0.3) is 11.2 Å². The van der Waals surface area contributed by atoms with Crippen molar-refractivity contribution in [1.29, 1.82) is 0 Å². The van der Waals surface area contributed by atoms with Crippen LogP contribution in [0.1, 0.15) is 124 Å². The molecule has 0 aromatic carbocycles. The van der Waals surface area contributed by atoms with Gasteiger partial charge in [0.2, 0.25) is 11.8 Å². The van der Waals surface area contributed by atoms with E-state index in [-0.39, 0.29) is 47.5 Å². The Hall–Kier alpha value is -2.44. The van der Waals surface area contributed by atoms with Gasteiger partial charge in [-0.05, 0) is 6.42 Å². The Labute approximate surface area is 388 Å². The Balaban J connectivity index is 1.34. The number of carbonyl (C=O) groups is 3. The average molecular weight is 1020 g/mol. The zero-order chi connectivity index (χ0) is 49.1. The third-order valence-corrected chi connectivity index (χ3v) is 14.8. The second-order valence-corrected chi connectivity index (χ2v) is 22.2. The highest BCUT2D eigenvalue weighted by molar-refractivity contribution is 8.13. The smallest absolute Gasteiger partial charge is 0.386 e. The number of hydrogen-bond donors (Lipinski definition) is 9. The molecular weight excluding hydrogens is 951 g/mol. The fraction of sp³-hybridized carbons (Fsp3) is 0.789. The van der Waals surface area contributed by atoms with Gasteiger partial charge in [0.05, 0.1) is 19.5 Å². The summed E-state index contributed by atoms with van der Waals surface area (Å²) in [4.78, 5) is 88.7. The second-order valence-electron chi connectivity index (χ2n) is 16.8. The number of nitrogen functional groups attached to an aromatic ring is 1. The maximum atomic E-state index is 12.7. The Morgan fingerprint density at radius 1 is 0.909 bits per heavy atom. The van der Waals surface area contributed by atoms with E-state index in [2.05, 4.69) is 41.3 Å². The molecule has 8 atom stereocenters. The third kappa shape index (κ3) is 20.3. The van der Waals surface area contributed by atoms with Crippen LogP contribution >= 0.6 is 35.2 Å². The standard InChI is InChI=1S/C38H68N7O17P3S/c1-5-6-7-8-9-10-11-12-13-14-15-16-17-26(2)37(50)66-21-20-40-28(46)18-19-41-35(49)32(48)38(3,4)23-59-65(56,57)62-64(54,55)58-22-27-31(61-63(51,52)53)30(47)36(60-27)45-25-44-29-33(39)42-24-43-34(29)45/h24-27,30-32,36,47-48H,5-23H2,1-4H3,(H,40,46)(H,41,49)(H,54,55)(H,56,57)(H2,39,42,43)(H2,51,52,53)/t26?,27-,30-,31-,32+,36-/m1/s1. The fourth-order valence-corrected chi connectivity index (χ4v) is 10.5. The number of imidazole rings is 1. The molecule has 66 heavy (non-hydrogen) atoms. The number of phosphoric ester groups is 3. The highest BCUT2D eigenvalue weighted by atomic mass is 32.2. The molecule has 0 bridgehead atoms. The molecule has 3 heterocycles. The normalized spacial score (nSPS) is 20.7. The van der Waals surface area contributed by atoms with Gasteiger partial charge in [0.1, 0.15) is 36.3 Å². The molecule has 1 aliphatic heterocycles. The van der Waals surface area contributed by atoms with Crippen LogP contribution < -0.4 is 16.4 Å². The van der Waals surface area contributed by atoms with Crippen molar-refractivity contribution in [2.75, 3.05) is 37.8 Å². The number of rotatable bonds is 33. The van der Waals surface area contributed by atoms with Crippen molar-refractivity contribution in [1.82, 2.24) is 30.2 Å². The van der Waals surface area contributed by atoms with E-state index >= 15 is 0 Å². The first kappa shape index (κ1) is 57.9. The lowest BCUT2D eigenvalue weighted by atomic mass is 9.87. The number of phosphoric acid groups is 3. The number of nitrogens with zero attached hydrogens (tertiary/aromatic N) is 4. The summed E-state index contributed by atoms with van der Waals surface area (Å²) >= 11 is 1.16. The maximum absolute atomic E-state index is 12.7. The van der Waals surface area contributed by atoms with Crippen LogP contribution in [-0.4, -0.2) is 123 Å². The van der Waals surface area contributed by atoms with Gasteiger partial charge in [-0.2, -0.15) is 4.31 Å². The molecule has 0 saturated carbocycles. The first-order valence-electron chi connectivity index (χ1n) is 22.0. The monoisotopic (exact) mass is 1020 g/mol. The summed E-state index contributed by atoms with van der Waals surface area (Å²) in [6, 6.07) is 0. The van der Waals surface area contributed by atoms with E-state index in [1.807, 2.05) is 6.92 Å². The minimum Gasteiger partial charge on any atom is -0.386 e. The number of ether oxygens (including phenoxy) is 1. The summed E-state index contributed by atoms with van der Waals surface area (Å²) in [6.07, 6.45) is 8.96. The van der Waals surface area contributed by atoms with Crippen molar-refractivity contribution in [3.05, 3.63) is 12.7 Å². The zero-order valence-electron chi connectivity index (χ0n) is 37.8.